The standard InChI is InChI=1S/C20H22F2N10O7P2S2/c21-9-7-1-35-40(33,42)14-10(22)8(38-20(14)32-6-30-12-16(24)26-4-28-18(12)32)2-36-41(34,43)39-13(9)19(37-7)31-5-29-11-15(23)25-3-27-17(11)31/h3-10,13-14,19-20H,1-2H2,(H,33,42)(H,34,43)(H2,23,25,27)(H2,24,26,28)/t7-,8-,9-,10-,13-,14-,19-,20-,40-,41-/m1/s1. The van der Waals surface area contributed by atoms with Crippen molar-refractivity contribution in [3.05, 3.63) is 25.3 Å². The minimum atomic E-state index is -4.41. The van der Waals surface area contributed by atoms with Crippen LogP contribution in [0.25, 0.3) is 22.3 Å². The minimum Gasteiger partial charge on any atom is -0.382 e. The van der Waals surface area contributed by atoms with Crippen LogP contribution in [0.4, 0.5) is 20.4 Å². The van der Waals surface area contributed by atoms with E-state index in [1.807, 2.05) is 0 Å². The lowest BCUT2D eigenvalue weighted by atomic mass is 10.1. The van der Waals surface area contributed by atoms with E-state index in [9.17, 15) is 9.13 Å². The van der Waals surface area contributed by atoms with Crippen molar-refractivity contribution in [2.24, 2.45) is 0 Å². The highest BCUT2D eigenvalue weighted by Crippen LogP contribution is 2.65. The number of hydrogen-bond acceptors (Lipinski definition) is 15. The first-order chi connectivity index (χ1) is 20.4. The molecule has 0 unspecified atom stereocenters. The molecule has 17 nitrogen and oxygen atoms in total. The second-order valence-corrected chi connectivity index (χ2v) is 16.4. The summed E-state index contributed by atoms with van der Waals surface area (Å²) in [4.78, 5) is 24.3. The van der Waals surface area contributed by atoms with E-state index in [-0.39, 0.29) is 34.0 Å². The zero-order valence-corrected chi connectivity index (χ0v) is 25.1. The second kappa shape index (κ2) is 10.6. The number of halogens is 2. The van der Waals surface area contributed by atoms with Crippen molar-refractivity contribution < 1.29 is 41.0 Å². The van der Waals surface area contributed by atoms with Gasteiger partial charge in [-0.15, -0.1) is 0 Å². The second-order valence-electron chi connectivity index (χ2n) is 9.87. The van der Waals surface area contributed by atoms with Crippen molar-refractivity contribution in [2.45, 2.75) is 48.8 Å². The maximum absolute atomic E-state index is 16.0. The van der Waals surface area contributed by atoms with Gasteiger partial charge in [-0.2, -0.15) is 0 Å². The Morgan fingerprint density at radius 2 is 1.33 bits per heavy atom. The lowest BCUT2D eigenvalue weighted by molar-refractivity contribution is -0.0454. The Balaban J connectivity index is 1.26. The van der Waals surface area contributed by atoms with Gasteiger partial charge in [0.15, 0.2) is 41.6 Å². The monoisotopic (exact) mass is 678 g/mol. The van der Waals surface area contributed by atoms with Gasteiger partial charge in [-0.1, -0.05) is 24.5 Å². The zero-order chi connectivity index (χ0) is 30.3. The fraction of sp³-hybridized carbons (Fsp3) is 0.500. The molecule has 4 N–H and O–H groups in total. The van der Waals surface area contributed by atoms with Crippen molar-refractivity contribution in [3.8, 4) is 0 Å². The van der Waals surface area contributed by atoms with Crippen molar-refractivity contribution in [1.29, 1.82) is 0 Å². The number of alkyl halides is 2. The van der Waals surface area contributed by atoms with Crippen molar-refractivity contribution >= 4 is 71.8 Å². The highest BCUT2D eigenvalue weighted by molar-refractivity contribution is 8.46. The number of anilines is 2. The van der Waals surface area contributed by atoms with Gasteiger partial charge in [0, 0.05) is 0 Å². The predicted octanol–water partition coefficient (Wildman–Crippen LogP) is 2.26. The summed E-state index contributed by atoms with van der Waals surface area (Å²) < 4.78 is 90.2. The molecule has 4 aromatic rings. The van der Waals surface area contributed by atoms with Gasteiger partial charge in [0.25, 0.3) is 6.57 Å². The minimum absolute atomic E-state index is 0.0480. The zero-order valence-electron chi connectivity index (χ0n) is 21.5. The van der Waals surface area contributed by atoms with Crippen LogP contribution in [0.1, 0.15) is 12.5 Å². The van der Waals surface area contributed by atoms with Crippen LogP contribution in [0.3, 0.4) is 0 Å². The highest BCUT2D eigenvalue weighted by atomic mass is 32.7. The van der Waals surface area contributed by atoms with Crippen LogP contribution in [-0.2, 0) is 32.2 Å². The van der Waals surface area contributed by atoms with Crippen molar-refractivity contribution in [3.63, 3.8) is 0 Å². The van der Waals surface area contributed by atoms with Gasteiger partial charge in [0.2, 0.25) is 0 Å². The van der Waals surface area contributed by atoms with Gasteiger partial charge in [0.1, 0.15) is 53.8 Å². The number of nitrogens with zero attached hydrogens (tertiary/aromatic N) is 8. The lowest BCUT2D eigenvalue weighted by Gasteiger charge is -2.27. The summed E-state index contributed by atoms with van der Waals surface area (Å²) in [6.45, 7) is -10.1. The molecule has 10 atom stereocenters. The van der Waals surface area contributed by atoms with Crippen molar-refractivity contribution in [1.82, 2.24) is 39.0 Å². The topological polar surface area (TPSA) is 220 Å². The van der Waals surface area contributed by atoms with Gasteiger partial charge in [-0.25, -0.2) is 43.2 Å². The summed E-state index contributed by atoms with van der Waals surface area (Å²) in [5.41, 5.74) is 10.9. The number of ether oxygens (including phenoxy) is 2. The van der Waals surface area contributed by atoms with Crippen molar-refractivity contribution in [2.75, 3.05) is 24.7 Å². The Hall–Kier alpha value is -2.48. The van der Waals surface area contributed by atoms with E-state index in [0.717, 1.165) is 0 Å². The predicted molar refractivity (Wildman–Crippen MR) is 151 cm³/mol. The van der Waals surface area contributed by atoms with E-state index in [1.165, 1.54) is 34.4 Å². The summed E-state index contributed by atoms with van der Waals surface area (Å²) in [7, 11) is 0. The van der Waals surface area contributed by atoms with E-state index in [0.29, 0.717) is 0 Å². The SMILES string of the molecule is Nc1ncnc2c1ncn2[C@@H]1O[C@@H]2CO[P@@](=O)(S)[C@@H]3[C@H](F)[C@@H](CO[P@@](=O)(S)O[C@@H]1[C@@H]2F)O[C@H]3n1cnc2c(N)ncnc21. The van der Waals surface area contributed by atoms with Gasteiger partial charge in [0.05, 0.1) is 25.9 Å². The van der Waals surface area contributed by atoms with E-state index in [4.69, 9.17) is 34.5 Å². The van der Waals surface area contributed by atoms with E-state index in [2.05, 4.69) is 54.4 Å². The van der Waals surface area contributed by atoms with Crippen LogP contribution in [0.2, 0.25) is 0 Å². The molecular formula is C20H22F2N10O7P2S2. The number of rotatable bonds is 2. The molecule has 3 fully saturated rings. The van der Waals surface area contributed by atoms with Gasteiger partial charge in [-0.3, -0.25) is 22.7 Å². The molecule has 3 saturated heterocycles. The summed E-state index contributed by atoms with van der Waals surface area (Å²) in [6, 6.07) is 0. The molecule has 7 heterocycles. The fourth-order valence-electron chi connectivity index (χ4n) is 5.31. The molecular weight excluding hydrogens is 656 g/mol. The Kier molecular flexibility index (Phi) is 7.18. The van der Waals surface area contributed by atoms with Crippen LogP contribution in [0, 0.1) is 0 Å². The quantitative estimate of drug-likeness (QED) is 0.176. The van der Waals surface area contributed by atoms with Crippen LogP contribution >= 0.6 is 37.9 Å². The molecule has 23 heteroatoms. The van der Waals surface area contributed by atoms with Crippen LogP contribution in [0.5, 0.6) is 0 Å². The highest BCUT2D eigenvalue weighted by Gasteiger charge is 2.57. The summed E-state index contributed by atoms with van der Waals surface area (Å²) >= 11 is 8.23. The van der Waals surface area contributed by atoms with E-state index >= 15 is 8.78 Å². The normalized spacial score (nSPS) is 38.6. The van der Waals surface area contributed by atoms with Crippen LogP contribution < -0.4 is 11.5 Å². The molecule has 7 rings (SSSR count). The molecule has 0 amide bonds. The average Bonchev–Trinajstić information content (AvgIpc) is 3.71. The first-order valence-electron chi connectivity index (χ1n) is 12.5. The molecule has 0 aliphatic carbocycles. The Morgan fingerprint density at radius 1 is 0.791 bits per heavy atom. The lowest BCUT2D eigenvalue weighted by Crippen LogP contribution is -2.32. The molecule has 3 aliphatic heterocycles. The molecule has 0 radical (unpaired) electrons. The van der Waals surface area contributed by atoms with Gasteiger partial charge in [-0.05, 0) is 0 Å². The molecule has 0 spiro atoms. The number of aromatic nitrogens is 8. The number of fused-ring (bicyclic) bond motifs is 6. The van der Waals surface area contributed by atoms with E-state index < -0.39 is 75.4 Å². The maximum atomic E-state index is 16.0. The number of imidazole rings is 2. The van der Waals surface area contributed by atoms with E-state index in [1.54, 1.807) is 0 Å². The Labute approximate surface area is 250 Å². The molecule has 0 aromatic carbocycles. The molecule has 230 valence electrons. The largest absolute Gasteiger partial charge is 0.386 e. The average molecular weight is 679 g/mol. The van der Waals surface area contributed by atoms with Crippen LogP contribution in [-0.4, -0.2) is 88.6 Å². The number of thiol groups is 2. The number of nitrogens with two attached hydrogens (primary N) is 2. The third-order valence-corrected chi connectivity index (χ3v) is 11.9. The van der Waals surface area contributed by atoms with Crippen LogP contribution in [0.15, 0.2) is 25.3 Å². The number of hydrogen-bond donors (Lipinski definition) is 4. The summed E-state index contributed by atoms with van der Waals surface area (Å²) in [5, 5.41) is 0. The first kappa shape index (κ1) is 29.2. The van der Waals surface area contributed by atoms with Gasteiger partial charge < -0.3 is 25.5 Å². The first-order valence-corrected chi connectivity index (χ1v) is 18.1. The molecule has 4 aromatic heterocycles. The fourth-order valence-corrected chi connectivity index (χ4v) is 9.31. The molecule has 43 heavy (non-hydrogen) atoms. The summed E-state index contributed by atoms with van der Waals surface area (Å²) in [5.74, 6) is 0.106. The molecule has 3 aliphatic rings. The third kappa shape index (κ3) is 4.90. The van der Waals surface area contributed by atoms with Gasteiger partial charge >= 0.3 is 6.80 Å². The number of nitrogen functional groups attached to an aromatic ring is 2. The third-order valence-electron chi connectivity index (χ3n) is 7.33. The Morgan fingerprint density at radius 3 is 1.95 bits per heavy atom. The smallest absolute Gasteiger partial charge is 0.382 e. The molecule has 4 bridgehead atoms. The molecule has 0 saturated carbocycles. The Bertz CT molecular complexity index is 1820. The maximum Gasteiger partial charge on any atom is 0.386 e. The summed E-state index contributed by atoms with van der Waals surface area (Å²) in [6.07, 6.45) is -6.41.